The van der Waals surface area contributed by atoms with Crippen LogP contribution < -0.4 is 0 Å². The Balaban J connectivity index is 2.44. The zero-order valence-electron chi connectivity index (χ0n) is 9.85. The lowest BCUT2D eigenvalue weighted by atomic mass is 9.76. The van der Waals surface area contributed by atoms with Gasteiger partial charge in [0.1, 0.15) is 0 Å². The van der Waals surface area contributed by atoms with Gasteiger partial charge in [-0.1, -0.05) is 0 Å². The highest BCUT2D eigenvalue weighted by Crippen LogP contribution is 2.34. The molecule has 0 bridgehead atoms. The Morgan fingerprint density at radius 1 is 0.875 bits per heavy atom. The molecule has 4 nitrogen and oxygen atoms in total. The molecule has 1 aliphatic rings. The zero-order valence-corrected chi connectivity index (χ0v) is 9.85. The van der Waals surface area contributed by atoms with Crippen LogP contribution in [0.1, 0.15) is 39.5 Å². The van der Waals surface area contributed by atoms with Crippen LogP contribution in [-0.2, 0) is 9.59 Å². The third-order valence-electron chi connectivity index (χ3n) is 3.69. The fraction of sp³-hybridized carbons (Fsp3) is 0.833. The van der Waals surface area contributed by atoms with Crippen LogP contribution in [0, 0.1) is 11.8 Å². The van der Waals surface area contributed by atoms with E-state index in [1.165, 1.54) is 0 Å². The Bertz CT molecular complexity index is 277. The molecule has 2 atom stereocenters. The molecular formula is C12H18N2O2. The van der Waals surface area contributed by atoms with Gasteiger partial charge in [0.15, 0.2) is 0 Å². The third kappa shape index (κ3) is 3.41. The Labute approximate surface area is 95.9 Å². The summed E-state index contributed by atoms with van der Waals surface area (Å²) in [6, 6.07) is 0.145. The van der Waals surface area contributed by atoms with E-state index in [-0.39, 0.29) is 12.1 Å². The van der Waals surface area contributed by atoms with Crippen LogP contribution in [0.4, 0.5) is 0 Å². The van der Waals surface area contributed by atoms with E-state index in [2.05, 4.69) is 9.98 Å². The van der Waals surface area contributed by atoms with Crippen LogP contribution in [0.3, 0.4) is 0 Å². The second kappa shape index (κ2) is 6.37. The van der Waals surface area contributed by atoms with Gasteiger partial charge in [0.2, 0.25) is 12.2 Å². The van der Waals surface area contributed by atoms with Crippen LogP contribution in [0.5, 0.6) is 0 Å². The second-order valence-corrected chi connectivity index (χ2v) is 4.60. The molecule has 0 aliphatic heterocycles. The summed E-state index contributed by atoms with van der Waals surface area (Å²) >= 11 is 0. The van der Waals surface area contributed by atoms with Gasteiger partial charge < -0.3 is 0 Å². The van der Waals surface area contributed by atoms with E-state index in [1.807, 2.05) is 13.8 Å². The second-order valence-electron chi connectivity index (χ2n) is 4.60. The van der Waals surface area contributed by atoms with Crippen LogP contribution in [-0.4, -0.2) is 24.2 Å². The zero-order chi connectivity index (χ0) is 12.0. The van der Waals surface area contributed by atoms with Crippen molar-refractivity contribution < 1.29 is 9.59 Å². The first kappa shape index (κ1) is 12.8. The van der Waals surface area contributed by atoms with Crippen LogP contribution in [0.15, 0.2) is 9.98 Å². The number of aliphatic imine (C=N–C) groups is 2. The Morgan fingerprint density at radius 3 is 1.44 bits per heavy atom. The summed E-state index contributed by atoms with van der Waals surface area (Å²) in [5.41, 5.74) is 0. The molecule has 0 heterocycles. The fourth-order valence-electron chi connectivity index (χ4n) is 2.49. The Morgan fingerprint density at radius 2 is 1.19 bits per heavy atom. The molecule has 1 aliphatic carbocycles. The number of rotatable bonds is 4. The summed E-state index contributed by atoms with van der Waals surface area (Å²) in [7, 11) is 0. The van der Waals surface area contributed by atoms with Crippen molar-refractivity contribution in [3.05, 3.63) is 0 Å². The van der Waals surface area contributed by atoms with Crippen molar-refractivity contribution in [2.45, 2.75) is 51.6 Å². The molecule has 0 aromatic heterocycles. The molecule has 1 rings (SSSR count). The van der Waals surface area contributed by atoms with Crippen molar-refractivity contribution in [3.8, 4) is 0 Å². The van der Waals surface area contributed by atoms with Crippen LogP contribution in [0.25, 0.3) is 0 Å². The number of hydrogen-bond donors (Lipinski definition) is 0. The van der Waals surface area contributed by atoms with Crippen molar-refractivity contribution in [3.63, 3.8) is 0 Å². The summed E-state index contributed by atoms with van der Waals surface area (Å²) < 4.78 is 0. The summed E-state index contributed by atoms with van der Waals surface area (Å²) in [5.74, 6) is 0.954. The van der Waals surface area contributed by atoms with Gasteiger partial charge in [-0.3, -0.25) is 0 Å². The molecular weight excluding hydrogens is 204 g/mol. The highest BCUT2D eigenvalue weighted by atomic mass is 16.1. The minimum atomic E-state index is 0.0725. The largest absolute Gasteiger partial charge is 0.235 e. The van der Waals surface area contributed by atoms with E-state index in [1.54, 1.807) is 12.2 Å². The molecule has 0 radical (unpaired) electrons. The maximum Gasteiger partial charge on any atom is 0.235 e. The van der Waals surface area contributed by atoms with Gasteiger partial charge in [-0.2, -0.15) is 0 Å². The van der Waals surface area contributed by atoms with E-state index in [0.29, 0.717) is 11.8 Å². The predicted molar refractivity (Wildman–Crippen MR) is 60.6 cm³/mol. The molecule has 16 heavy (non-hydrogen) atoms. The van der Waals surface area contributed by atoms with E-state index < -0.39 is 0 Å². The number of nitrogens with zero attached hydrogens (tertiary/aromatic N) is 2. The van der Waals surface area contributed by atoms with Crippen LogP contribution in [0.2, 0.25) is 0 Å². The monoisotopic (exact) mass is 222 g/mol. The Kier molecular flexibility index (Phi) is 5.10. The highest BCUT2D eigenvalue weighted by molar-refractivity contribution is 5.34. The van der Waals surface area contributed by atoms with E-state index >= 15 is 0 Å². The third-order valence-corrected chi connectivity index (χ3v) is 3.69. The van der Waals surface area contributed by atoms with Crippen LogP contribution >= 0.6 is 0 Å². The lowest BCUT2D eigenvalue weighted by Crippen LogP contribution is -2.26. The molecule has 4 heteroatoms. The molecule has 0 N–H and O–H groups in total. The summed E-state index contributed by atoms with van der Waals surface area (Å²) in [4.78, 5) is 27.9. The van der Waals surface area contributed by atoms with Crippen molar-refractivity contribution >= 4 is 12.2 Å². The molecule has 0 spiro atoms. The predicted octanol–water partition coefficient (Wildman–Crippen LogP) is 2.24. The molecule has 0 amide bonds. The smallest absolute Gasteiger partial charge is 0.211 e. The summed E-state index contributed by atoms with van der Waals surface area (Å²) in [5, 5.41) is 0. The van der Waals surface area contributed by atoms with Crippen molar-refractivity contribution in [2.75, 3.05) is 0 Å². The van der Waals surface area contributed by atoms with Crippen molar-refractivity contribution in [1.29, 1.82) is 0 Å². The van der Waals surface area contributed by atoms with E-state index in [9.17, 15) is 9.59 Å². The Hall–Kier alpha value is -1.24. The molecule has 88 valence electrons. The number of hydrogen-bond acceptors (Lipinski definition) is 4. The first-order valence-corrected chi connectivity index (χ1v) is 5.83. The molecule has 2 unspecified atom stereocenters. The normalized spacial score (nSPS) is 28.4. The average Bonchev–Trinajstić information content (AvgIpc) is 2.30. The standard InChI is InChI=1S/C12H18N2O2/c1-9(13-7-15)11-3-5-12(6-4-11)10(2)14-8-16/h9-12H,3-6H2,1-2H3. The SMILES string of the molecule is CC(N=C=O)C1CCC(C(C)N=C=O)CC1. The molecule has 1 saturated carbocycles. The first-order valence-electron chi connectivity index (χ1n) is 5.83. The lowest BCUT2D eigenvalue weighted by Gasteiger charge is -2.31. The molecule has 0 saturated heterocycles. The van der Waals surface area contributed by atoms with Crippen molar-refractivity contribution in [1.82, 2.24) is 0 Å². The van der Waals surface area contributed by atoms with E-state index in [4.69, 9.17) is 0 Å². The molecule has 1 fully saturated rings. The minimum Gasteiger partial charge on any atom is -0.211 e. The fourth-order valence-corrected chi connectivity index (χ4v) is 2.49. The minimum absolute atomic E-state index is 0.0725. The van der Waals surface area contributed by atoms with Crippen molar-refractivity contribution in [2.24, 2.45) is 21.8 Å². The van der Waals surface area contributed by atoms with Gasteiger partial charge in [0, 0.05) is 0 Å². The summed E-state index contributed by atoms with van der Waals surface area (Å²) in [6.45, 7) is 3.92. The quantitative estimate of drug-likeness (QED) is 0.541. The number of isocyanates is 2. The van der Waals surface area contributed by atoms with Gasteiger partial charge in [-0.15, -0.1) is 0 Å². The average molecular weight is 222 g/mol. The van der Waals surface area contributed by atoms with E-state index in [0.717, 1.165) is 25.7 Å². The van der Waals surface area contributed by atoms with Gasteiger partial charge in [-0.05, 0) is 51.4 Å². The maximum absolute atomic E-state index is 10.2. The number of carbonyl (C=O) groups excluding carboxylic acids is 2. The lowest BCUT2D eigenvalue weighted by molar-refractivity contribution is 0.230. The van der Waals surface area contributed by atoms with Gasteiger partial charge in [-0.25, -0.2) is 19.6 Å². The summed E-state index contributed by atoms with van der Waals surface area (Å²) in [6.07, 6.45) is 7.45. The maximum atomic E-state index is 10.2. The van der Waals surface area contributed by atoms with Gasteiger partial charge in [0.05, 0.1) is 12.1 Å². The topological polar surface area (TPSA) is 58.9 Å². The van der Waals surface area contributed by atoms with Gasteiger partial charge in [0.25, 0.3) is 0 Å². The first-order chi connectivity index (χ1) is 7.69. The highest BCUT2D eigenvalue weighted by Gasteiger charge is 2.27. The molecule has 0 aromatic rings. The molecule has 0 aromatic carbocycles. The van der Waals surface area contributed by atoms with Gasteiger partial charge >= 0.3 is 0 Å².